The van der Waals surface area contributed by atoms with Gasteiger partial charge in [0.25, 0.3) is 0 Å². The fourth-order valence-electron chi connectivity index (χ4n) is 2.30. The molecule has 0 radical (unpaired) electrons. The minimum absolute atomic E-state index is 0.776. The van der Waals surface area contributed by atoms with E-state index in [1.165, 1.54) is 25.1 Å². The summed E-state index contributed by atoms with van der Waals surface area (Å²) in [6, 6.07) is 2.16. The average molecular weight is 222 g/mol. The number of hydrogen-bond donors (Lipinski definition) is 2. The molecule has 90 valence electrons. The van der Waals surface area contributed by atoms with Crippen LogP contribution in [-0.2, 0) is 6.54 Å². The first-order valence-corrected chi connectivity index (χ1v) is 6.15. The molecule has 0 aromatic carbocycles. The van der Waals surface area contributed by atoms with Gasteiger partial charge in [-0.1, -0.05) is 0 Å². The van der Waals surface area contributed by atoms with E-state index in [1.54, 1.807) is 0 Å². The number of nitrogens with one attached hydrogen (secondary N) is 1. The van der Waals surface area contributed by atoms with E-state index in [-0.39, 0.29) is 0 Å². The van der Waals surface area contributed by atoms with Crippen molar-refractivity contribution in [2.24, 2.45) is 5.73 Å². The first kappa shape index (κ1) is 11.6. The lowest BCUT2D eigenvalue weighted by atomic mass is 10.3. The van der Waals surface area contributed by atoms with Gasteiger partial charge in [-0.15, -0.1) is 0 Å². The predicted molar refractivity (Wildman–Crippen MR) is 66.2 cm³/mol. The highest BCUT2D eigenvalue weighted by Crippen LogP contribution is 2.07. The molecule has 16 heavy (non-hydrogen) atoms. The Morgan fingerprint density at radius 1 is 1.19 bits per heavy atom. The Balaban J connectivity index is 1.80. The van der Waals surface area contributed by atoms with Crippen LogP contribution in [-0.4, -0.2) is 54.1 Å². The summed E-state index contributed by atoms with van der Waals surface area (Å²) in [5, 5.41) is 0. The molecule has 1 fully saturated rings. The zero-order chi connectivity index (χ0) is 11.2. The SMILES string of the molecule is NCCN1CCCN(Cc2cc[nH]c2)CC1. The minimum Gasteiger partial charge on any atom is -0.367 e. The van der Waals surface area contributed by atoms with Gasteiger partial charge in [-0.05, 0) is 31.1 Å². The zero-order valence-corrected chi connectivity index (χ0v) is 9.86. The van der Waals surface area contributed by atoms with Gasteiger partial charge in [0.2, 0.25) is 0 Å². The Morgan fingerprint density at radius 2 is 2.00 bits per heavy atom. The lowest BCUT2D eigenvalue weighted by Gasteiger charge is -2.20. The molecule has 1 aromatic heterocycles. The summed E-state index contributed by atoms with van der Waals surface area (Å²) in [5.74, 6) is 0. The lowest BCUT2D eigenvalue weighted by molar-refractivity contribution is 0.255. The van der Waals surface area contributed by atoms with Gasteiger partial charge < -0.3 is 15.6 Å². The molecule has 0 amide bonds. The number of aromatic nitrogens is 1. The number of nitrogens with zero attached hydrogens (tertiary/aromatic N) is 2. The van der Waals surface area contributed by atoms with Gasteiger partial charge in [-0.2, -0.15) is 0 Å². The summed E-state index contributed by atoms with van der Waals surface area (Å²) in [6.45, 7) is 7.59. The van der Waals surface area contributed by atoms with Gasteiger partial charge >= 0.3 is 0 Å². The normalized spacial score (nSPS) is 19.8. The number of rotatable bonds is 4. The zero-order valence-electron chi connectivity index (χ0n) is 9.86. The smallest absolute Gasteiger partial charge is 0.0249 e. The fraction of sp³-hybridized carbons (Fsp3) is 0.667. The number of aromatic amines is 1. The second-order valence-electron chi connectivity index (χ2n) is 4.48. The molecule has 1 aliphatic rings. The van der Waals surface area contributed by atoms with Crippen molar-refractivity contribution in [2.75, 3.05) is 39.3 Å². The molecule has 0 aliphatic carbocycles. The second kappa shape index (κ2) is 6.03. The number of nitrogens with two attached hydrogens (primary N) is 1. The van der Waals surface area contributed by atoms with Gasteiger partial charge in [0.1, 0.15) is 0 Å². The van der Waals surface area contributed by atoms with Gasteiger partial charge in [0, 0.05) is 45.1 Å². The molecule has 0 unspecified atom stereocenters. The largest absolute Gasteiger partial charge is 0.367 e. The van der Waals surface area contributed by atoms with E-state index in [2.05, 4.69) is 27.0 Å². The maximum Gasteiger partial charge on any atom is 0.0249 e. The highest BCUT2D eigenvalue weighted by Gasteiger charge is 2.14. The molecular formula is C12H22N4. The number of H-pyrrole nitrogens is 1. The molecule has 4 heteroatoms. The molecule has 4 nitrogen and oxygen atoms in total. The van der Waals surface area contributed by atoms with Crippen molar-refractivity contribution in [2.45, 2.75) is 13.0 Å². The summed E-state index contributed by atoms with van der Waals surface area (Å²) in [5.41, 5.74) is 6.98. The van der Waals surface area contributed by atoms with E-state index in [1.807, 2.05) is 6.20 Å². The van der Waals surface area contributed by atoms with Crippen LogP contribution in [0.5, 0.6) is 0 Å². The van der Waals surface area contributed by atoms with Gasteiger partial charge in [-0.3, -0.25) is 4.90 Å². The summed E-state index contributed by atoms with van der Waals surface area (Å²) < 4.78 is 0. The molecule has 0 atom stereocenters. The van der Waals surface area contributed by atoms with E-state index in [9.17, 15) is 0 Å². The van der Waals surface area contributed by atoms with E-state index < -0.39 is 0 Å². The van der Waals surface area contributed by atoms with Crippen molar-refractivity contribution in [1.29, 1.82) is 0 Å². The molecule has 3 N–H and O–H groups in total. The topological polar surface area (TPSA) is 48.3 Å². The van der Waals surface area contributed by atoms with Crippen molar-refractivity contribution in [3.8, 4) is 0 Å². The van der Waals surface area contributed by atoms with Crippen LogP contribution in [0, 0.1) is 0 Å². The average Bonchev–Trinajstić information content (AvgIpc) is 2.68. The van der Waals surface area contributed by atoms with Crippen LogP contribution in [0.1, 0.15) is 12.0 Å². The molecule has 1 saturated heterocycles. The van der Waals surface area contributed by atoms with Gasteiger partial charge in [0.15, 0.2) is 0 Å². The molecule has 2 rings (SSSR count). The quantitative estimate of drug-likeness (QED) is 0.779. The molecule has 2 heterocycles. The number of hydrogen-bond acceptors (Lipinski definition) is 3. The predicted octanol–water partition coefficient (Wildman–Crippen LogP) is 0.481. The summed E-state index contributed by atoms with van der Waals surface area (Å²) in [7, 11) is 0. The Morgan fingerprint density at radius 3 is 2.75 bits per heavy atom. The van der Waals surface area contributed by atoms with E-state index in [0.717, 1.165) is 32.7 Å². The first-order chi connectivity index (χ1) is 7.88. The fourth-order valence-corrected chi connectivity index (χ4v) is 2.30. The van der Waals surface area contributed by atoms with Gasteiger partial charge in [-0.25, -0.2) is 0 Å². The van der Waals surface area contributed by atoms with E-state index >= 15 is 0 Å². The third-order valence-electron chi connectivity index (χ3n) is 3.20. The molecule has 1 aromatic rings. The van der Waals surface area contributed by atoms with Crippen LogP contribution in [0.25, 0.3) is 0 Å². The highest BCUT2D eigenvalue weighted by atomic mass is 15.2. The van der Waals surface area contributed by atoms with Crippen LogP contribution in [0.4, 0.5) is 0 Å². The van der Waals surface area contributed by atoms with Crippen LogP contribution in [0.15, 0.2) is 18.5 Å². The summed E-state index contributed by atoms with van der Waals surface area (Å²) >= 11 is 0. The van der Waals surface area contributed by atoms with Crippen LogP contribution in [0.3, 0.4) is 0 Å². The van der Waals surface area contributed by atoms with Crippen LogP contribution < -0.4 is 5.73 Å². The Kier molecular flexibility index (Phi) is 4.39. The maximum absolute atomic E-state index is 5.60. The molecule has 1 aliphatic heterocycles. The molecular weight excluding hydrogens is 200 g/mol. The Bertz CT molecular complexity index is 283. The third kappa shape index (κ3) is 3.33. The van der Waals surface area contributed by atoms with Crippen molar-refractivity contribution >= 4 is 0 Å². The van der Waals surface area contributed by atoms with E-state index in [0.29, 0.717) is 0 Å². The maximum atomic E-state index is 5.60. The van der Waals surface area contributed by atoms with Crippen LogP contribution in [0.2, 0.25) is 0 Å². The van der Waals surface area contributed by atoms with Gasteiger partial charge in [0.05, 0.1) is 0 Å². The summed E-state index contributed by atoms with van der Waals surface area (Å²) in [4.78, 5) is 8.11. The van der Waals surface area contributed by atoms with Crippen molar-refractivity contribution in [3.63, 3.8) is 0 Å². The van der Waals surface area contributed by atoms with Crippen LogP contribution >= 0.6 is 0 Å². The van der Waals surface area contributed by atoms with Crippen molar-refractivity contribution in [1.82, 2.24) is 14.8 Å². The molecule has 0 bridgehead atoms. The monoisotopic (exact) mass is 222 g/mol. The molecule has 0 saturated carbocycles. The standard InChI is InChI=1S/C12H22N4/c13-3-7-15-5-1-6-16(9-8-15)11-12-2-4-14-10-12/h2,4,10,14H,1,3,5-9,11,13H2. The third-order valence-corrected chi connectivity index (χ3v) is 3.20. The Labute approximate surface area is 97.4 Å². The van der Waals surface area contributed by atoms with Crippen molar-refractivity contribution in [3.05, 3.63) is 24.0 Å². The molecule has 0 spiro atoms. The van der Waals surface area contributed by atoms with Crippen molar-refractivity contribution < 1.29 is 0 Å². The summed E-state index contributed by atoms with van der Waals surface area (Å²) in [6.07, 6.45) is 5.33. The Hall–Kier alpha value is -0.840. The highest BCUT2D eigenvalue weighted by molar-refractivity contribution is 5.07. The minimum atomic E-state index is 0.776. The first-order valence-electron chi connectivity index (χ1n) is 6.15. The van der Waals surface area contributed by atoms with E-state index in [4.69, 9.17) is 5.73 Å². The lowest BCUT2D eigenvalue weighted by Crippen LogP contribution is -2.33. The second-order valence-corrected chi connectivity index (χ2v) is 4.48.